The van der Waals surface area contributed by atoms with Gasteiger partial charge in [-0.3, -0.25) is 24.5 Å². The highest BCUT2D eigenvalue weighted by molar-refractivity contribution is 6.05. The standard InChI is InChI=1S/C50H55N5O5/c1-52(38-12-9-33(10-13-38)49(59)54-28-35-25-37-30-55(45-19-20-46(57)51-48(45)58)50(60)44(37)27-36(35)29-54)39-21-23-53(24-22-39)40-14-7-32(8-15-40)47-42(31-5-3-2-4-6-31)17-11-34-26-41(56)16-18-43(34)47/h2-8,14-16,18,25-27,33,38-39,42,45,47,56H,9-13,17,19-24,28-30H2,1H3,(H,51,57,58)/t33?,38?,42-,45?,47+/m1/s1. The van der Waals surface area contributed by atoms with E-state index < -0.39 is 11.9 Å². The molecule has 6 aliphatic rings. The number of carbonyl (C=O) groups is 4. The summed E-state index contributed by atoms with van der Waals surface area (Å²) < 4.78 is 0. The number of rotatable bonds is 7. The number of phenols is 1. The average molecular weight is 806 g/mol. The van der Waals surface area contributed by atoms with E-state index in [9.17, 15) is 24.3 Å². The van der Waals surface area contributed by atoms with Crippen LogP contribution in [0.5, 0.6) is 5.75 Å². The van der Waals surface area contributed by atoms with Crippen molar-refractivity contribution in [2.75, 3.05) is 25.0 Å². The summed E-state index contributed by atoms with van der Waals surface area (Å²) in [7, 11) is 2.30. The fourth-order valence-corrected chi connectivity index (χ4v) is 11.6. The molecule has 2 aliphatic carbocycles. The number of amides is 4. The number of fused-ring (bicyclic) bond motifs is 3. The Morgan fingerprint density at radius 2 is 1.42 bits per heavy atom. The molecule has 3 atom stereocenters. The Morgan fingerprint density at radius 1 is 0.700 bits per heavy atom. The molecular weight excluding hydrogens is 751 g/mol. The molecule has 0 bridgehead atoms. The van der Waals surface area contributed by atoms with Crippen molar-refractivity contribution in [1.82, 2.24) is 20.0 Å². The first kappa shape index (κ1) is 38.7. The lowest BCUT2D eigenvalue weighted by molar-refractivity contribution is -0.138. The predicted molar refractivity (Wildman–Crippen MR) is 229 cm³/mol. The van der Waals surface area contributed by atoms with Crippen LogP contribution in [0.25, 0.3) is 0 Å². The Kier molecular flexibility index (Phi) is 10.2. The zero-order chi connectivity index (χ0) is 41.1. The van der Waals surface area contributed by atoms with Gasteiger partial charge in [0.2, 0.25) is 17.7 Å². The summed E-state index contributed by atoms with van der Waals surface area (Å²) in [5.41, 5.74) is 10.2. The number of aromatic hydroxyl groups is 1. The second-order valence-electron chi connectivity index (χ2n) is 18.3. The fraction of sp³-hybridized carbons (Fsp3) is 0.440. The Morgan fingerprint density at radius 3 is 2.15 bits per heavy atom. The van der Waals surface area contributed by atoms with Crippen LogP contribution >= 0.6 is 0 Å². The van der Waals surface area contributed by atoms with E-state index in [2.05, 4.69) is 88.9 Å². The summed E-state index contributed by atoms with van der Waals surface area (Å²) in [6, 6.07) is 30.5. The van der Waals surface area contributed by atoms with Gasteiger partial charge in [-0.05, 0) is 140 Å². The van der Waals surface area contributed by atoms with Crippen LogP contribution in [0.1, 0.15) is 119 Å². The molecule has 4 aliphatic heterocycles. The normalized spacial score (nSPS) is 25.6. The highest BCUT2D eigenvalue weighted by atomic mass is 16.3. The van der Waals surface area contributed by atoms with Gasteiger partial charge in [0.1, 0.15) is 11.8 Å². The molecule has 4 heterocycles. The van der Waals surface area contributed by atoms with Gasteiger partial charge in [-0.1, -0.05) is 54.6 Å². The Bertz CT molecular complexity index is 2310. The Labute approximate surface area is 352 Å². The number of nitrogens with zero attached hydrogens (tertiary/aromatic N) is 4. The first-order valence-corrected chi connectivity index (χ1v) is 22.2. The summed E-state index contributed by atoms with van der Waals surface area (Å²) in [6.07, 6.45) is 8.72. The first-order valence-electron chi connectivity index (χ1n) is 22.2. The highest BCUT2D eigenvalue weighted by Gasteiger charge is 2.41. The molecule has 10 heteroatoms. The maximum atomic E-state index is 13.9. The number of phenolic OH excluding ortho intramolecular Hbond substituents is 1. The molecule has 2 saturated heterocycles. The molecule has 60 heavy (non-hydrogen) atoms. The van der Waals surface area contributed by atoms with Gasteiger partial charge in [0.05, 0.1) is 0 Å². The van der Waals surface area contributed by atoms with Crippen molar-refractivity contribution < 1.29 is 24.3 Å². The fourth-order valence-electron chi connectivity index (χ4n) is 11.6. The molecule has 1 saturated carbocycles. The molecule has 0 aromatic heterocycles. The number of nitrogens with one attached hydrogen (secondary N) is 1. The topological polar surface area (TPSA) is 114 Å². The van der Waals surface area contributed by atoms with Crippen molar-refractivity contribution in [3.63, 3.8) is 0 Å². The van der Waals surface area contributed by atoms with E-state index >= 15 is 0 Å². The molecule has 0 spiro atoms. The van der Waals surface area contributed by atoms with Gasteiger partial charge in [-0.15, -0.1) is 0 Å². The number of carbonyl (C=O) groups excluding carboxylic acids is 4. The molecule has 10 nitrogen and oxygen atoms in total. The van der Waals surface area contributed by atoms with Gasteiger partial charge < -0.3 is 24.7 Å². The summed E-state index contributed by atoms with van der Waals surface area (Å²) in [5.74, 6) is 0.383. The van der Waals surface area contributed by atoms with Crippen LogP contribution in [-0.4, -0.2) is 81.7 Å². The minimum atomic E-state index is -0.625. The van der Waals surface area contributed by atoms with Gasteiger partial charge >= 0.3 is 0 Å². The van der Waals surface area contributed by atoms with Gasteiger partial charge in [0, 0.05) is 74.3 Å². The number of aryl methyl sites for hydroxylation is 1. The van der Waals surface area contributed by atoms with Gasteiger partial charge in [0.15, 0.2) is 0 Å². The van der Waals surface area contributed by atoms with Crippen molar-refractivity contribution in [3.05, 3.63) is 129 Å². The molecule has 2 N–H and O–H groups in total. The number of piperidine rings is 2. The maximum Gasteiger partial charge on any atom is 0.255 e. The van der Waals surface area contributed by atoms with E-state index in [4.69, 9.17) is 0 Å². The van der Waals surface area contributed by atoms with Gasteiger partial charge in [0.25, 0.3) is 5.91 Å². The molecule has 0 radical (unpaired) electrons. The first-order chi connectivity index (χ1) is 29.2. The zero-order valence-corrected chi connectivity index (χ0v) is 34.5. The molecule has 10 rings (SSSR count). The van der Waals surface area contributed by atoms with Crippen LogP contribution in [0.4, 0.5) is 5.69 Å². The molecule has 4 aromatic rings. The zero-order valence-electron chi connectivity index (χ0n) is 34.5. The molecule has 1 unspecified atom stereocenters. The third-order valence-corrected chi connectivity index (χ3v) is 15.0. The van der Waals surface area contributed by atoms with Crippen LogP contribution in [-0.2, 0) is 40.4 Å². The van der Waals surface area contributed by atoms with Crippen LogP contribution in [0.15, 0.2) is 84.9 Å². The van der Waals surface area contributed by atoms with Crippen molar-refractivity contribution >= 4 is 29.3 Å². The SMILES string of the molecule is CN(C1CCC(C(=O)N2Cc3cc4c(cc3C2)C(=O)N(C2CCC(=O)NC2=O)C4)CC1)C1CCN(c2ccc([C@@H]3c4ccc(O)cc4CC[C@@H]3c3ccccc3)cc2)CC1. The van der Waals surface area contributed by atoms with E-state index in [1.165, 1.54) is 27.9 Å². The van der Waals surface area contributed by atoms with Crippen molar-refractivity contribution in [1.29, 1.82) is 0 Å². The monoisotopic (exact) mass is 805 g/mol. The van der Waals surface area contributed by atoms with Crippen molar-refractivity contribution in [2.24, 2.45) is 5.92 Å². The van der Waals surface area contributed by atoms with E-state index in [1.54, 1.807) is 4.90 Å². The molecule has 310 valence electrons. The number of hydrogen-bond acceptors (Lipinski definition) is 7. The van der Waals surface area contributed by atoms with E-state index in [0.29, 0.717) is 55.4 Å². The lowest BCUT2D eigenvalue weighted by atomic mass is 9.69. The molecule has 3 fully saturated rings. The number of anilines is 1. The number of benzene rings is 4. The van der Waals surface area contributed by atoms with E-state index in [1.807, 2.05) is 23.1 Å². The second-order valence-corrected chi connectivity index (χ2v) is 18.3. The van der Waals surface area contributed by atoms with Crippen LogP contribution in [0.3, 0.4) is 0 Å². The quantitative estimate of drug-likeness (QED) is 0.193. The average Bonchev–Trinajstić information content (AvgIpc) is 3.84. The molecular formula is C50H55N5O5. The third kappa shape index (κ3) is 7.16. The van der Waals surface area contributed by atoms with Crippen molar-refractivity contribution in [2.45, 2.75) is 114 Å². The lowest BCUT2D eigenvalue weighted by Gasteiger charge is -2.43. The Balaban J connectivity index is 0.716. The molecule has 4 amide bonds. The lowest BCUT2D eigenvalue weighted by Crippen LogP contribution is -2.52. The van der Waals surface area contributed by atoms with Crippen LogP contribution < -0.4 is 10.2 Å². The smallest absolute Gasteiger partial charge is 0.255 e. The summed E-state index contributed by atoms with van der Waals surface area (Å²) in [4.78, 5) is 60.1. The van der Waals surface area contributed by atoms with Gasteiger partial charge in [-0.2, -0.15) is 0 Å². The Hall–Kier alpha value is -5.48. The summed E-state index contributed by atoms with van der Waals surface area (Å²) >= 11 is 0. The number of hydrogen-bond donors (Lipinski definition) is 2. The number of imide groups is 1. The summed E-state index contributed by atoms with van der Waals surface area (Å²) in [5, 5.41) is 12.6. The van der Waals surface area contributed by atoms with Crippen molar-refractivity contribution in [3.8, 4) is 5.75 Å². The van der Waals surface area contributed by atoms with E-state index in [0.717, 1.165) is 81.1 Å². The minimum absolute atomic E-state index is 0.0301. The predicted octanol–water partition coefficient (Wildman–Crippen LogP) is 7.02. The van der Waals surface area contributed by atoms with Crippen LogP contribution in [0, 0.1) is 5.92 Å². The maximum absolute atomic E-state index is 13.9. The van der Waals surface area contributed by atoms with E-state index in [-0.39, 0.29) is 36.0 Å². The summed E-state index contributed by atoms with van der Waals surface area (Å²) in [6.45, 7) is 3.48. The third-order valence-electron chi connectivity index (χ3n) is 15.0. The largest absolute Gasteiger partial charge is 0.508 e. The van der Waals surface area contributed by atoms with Crippen LogP contribution in [0.2, 0.25) is 0 Å². The minimum Gasteiger partial charge on any atom is -0.508 e. The van der Waals surface area contributed by atoms with Gasteiger partial charge in [-0.25, -0.2) is 0 Å². The molecule has 4 aromatic carbocycles. The highest BCUT2D eigenvalue weighted by Crippen LogP contribution is 2.47. The second kappa shape index (κ2) is 15.8.